The zero-order chi connectivity index (χ0) is 17.8. The number of phenolic OH excluding ortho intramolecular Hbond substituents is 1. The van der Waals surface area contributed by atoms with E-state index >= 15 is 0 Å². The summed E-state index contributed by atoms with van der Waals surface area (Å²) in [5.41, 5.74) is 1.03. The molecule has 1 atom stereocenters. The second-order valence-electron chi connectivity index (χ2n) is 5.96. The molecule has 0 saturated carbocycles. The molecule has 1 aromatic carbocycles. The number of thiophene rings is 1. The highest BCUT2D eigenvalue weighted by atomic mass is 35.5. The van der Waals surface area contributed by atoms with Crippen LogP contribution < -0.4 is 5.32 Å². The lowest BCUT2D eigenvalue weighted by molar-refractivity contribution is -0.132. The van der Waals surface area contributed by atoms with Gasteiger partial charge in [-0.3, -0.25) is 9.59 Å². The third-order valence-electron chi connectivity index (χ3n) is 4.24. The Kier molecular flexibility index (Phi) is 5.73. The number of nitrogens with one attached hydrogen (secondary N) is 1. The van der Waals surface area contributed by atoms with Crippen LogP contribution >= 0.6 is 22.9 Å². The summed E-state index contributed by atoms with van der Waals surface area (Å²) in [6.45, 7) is 1.89. The van der Waals surface area contributed by atoms with E-state index < -0.39 is 0 Å². The maximum absolute atomic E-state index is 12.5. The van der Waals surface area contributed by atoms with Gasteiger partial charge in [0.25, 0.3) is 0 Å². The number of piperazine rings is 1. The van der Waals surface area contributed by atoms with Crippen LogP contribution in [0.4, 0.5) is 0 Å². The molecule has 1 aliphatic heterocycles. The molecule has 1 unspecified atom stereocenters. The Hall–Kier alpha value is -1.89. The molecule has 2 heterocycles. The van der Waals surface area contributed by atoms with Gasteiger partial charge in [-0.15, -0.1) is 11.3 Å². The number of carbonyl (C=O) groups is 2. The zero-order valence-electron chi connectivity index (χ0n) is 13.6. The van der Waals surface area contributed by atoms with Crippen LogP contribution in [0.1, 0.15) is 34.1 Å². The van der Waals surface area contributed by atoms with Crippen molar-refractivity contribution in [3.05, 3.63) is 51.2 Å². The summed E-state index contributed by atoms with van der Waals surface area (Å²) in [5.74, 6) is 0.163. The average molecular weight is 379 g/mol. The maximum atomic E-state index is 12.5. The number of nitrogens with zero attached hydrogens (tertiary/aromatic N) is 1. The van der Waals surface area contributed by atoms with Crippen molar-refractivity contribution in [2.75, 3.05) is 19.6 Å². The molecule has 2 aromatic rings. The van der Waals surface area contributed by atoms with Gasteiger partial charge < -0.3 is 15.3 Å². The van der Waals surface area contributed by atoms with E-state index in [0.717, 1.165) is 5.56 Å². The number of aromatic hydroxyl groups is 1. The van der Waals surface area contributed by atoms with E-state index in [-0.39, 0.29) is 36.3 Å². The van der Waals surface area contributed by atoms with Crippen molar-refractivity contribution >= 4 is 34.6 Å². The van der Waals surface area contributed by atoms with Crippen LogP contribution in [-0.4, -0.2) is 41.3 Å². The Labute approximate surface area is 155 Å². The van der Waals surface area contributed by atoms with Gasteiger partial charge in [-0.25, -0.2) is 0 Å². The van der Waals surface area contributed by atoms with E-state index in [1.54, 1.807) is 29.2 Å². The number of Topliss-reactive ketones (excluding diaryl/α,β-unsaturated/α-hetero) is 1. The molecular weight excluding hydrogens is 360 g/mol. The van der Waals surface area contributed by atoms with E-state index in [9.17, 15) is 14.7 Å². The van der Waals surface area contributed by atoms with Crippen molar-refractivity contribution in [1.82, 2.24) is 10.2 Å². The topological polar surface area (TPSA) is 69.6 Å². The summed E-state index contributed by atoms with van der Waals surface area (Å²) in [4.78, 5) is 27.0. The molecule has 0 radical (unpaired) electrons. The zero-order valence-corrected chi connectivity index (χ0v) is 15.1. The van der Waals surface area contributed by atoms with Crippen molar-refractivity contribution < 1.29 is 14.7 Å². The van der Waals surface area contributed by atoms with Gasteiger partial charge in [-0.1, -0.05) is 23.7 Å². The number of hydrogen-bond acceptors (Lipinski definition) is 5. The van der Waals surface area contributed by atoms with Gasteiger partial charge in [-0.2, -0.15) is 0 Å². The molecule has 25 heavy (non-hydrogen) atoms. The fraction of sp³-hybridized carbons (Fsp3) is 0.333. The van der Waals surface area contributed by atoms with Crippen molar-refractivity contribution in [3.8, 4) is 5.75 Å². The predicted octanol–water partition coefficient (Wildman–Crippen LogP) is 3.24. The first-order chi connectivity index (χ1) is 12.0. The van der Waals surface area contributed by atoms with Crippen LogP contribution in [0.5, 0.6) is 5.75 Å². The lowest BCUT2D eigenvalue weighted by Crippen LogP contribution is -2.48. The Morgan fingerprint density at radius 1 is 1.20 bits per heavy atom. The van der Waals surface area contributed by atoms with Crippen LogP contribution in [-0.2, 0) is 4.79 Å². The summed E-state index contributed by atoms with van der Waals surface area (Å²) < 4.78 is 0.577. The highest BCUT2D eigenvalue weighted by Gasteiger charge is 2.24. The highest BCUT2D eigenvalue weighted by molar-refractivity contribution is 7.18. The predicted molar refractivity (Wildman–Crippen MR) is 98.3 cm³/mol. The number of halogens is 1. The van der Waals surface area contributed by atoms with Crippen LogP contribution in [0.3, 0.4) is 0 Å². The van der Waals surface area contributed by atoms with Gasteiger partial charge in [0, 0.05) is 38.5 Å². The molecule has 2 N–H and O–H groups in total. The summed E-state index contributed by atoms with van der Waals surface area (Å²) in [7, 11) is 0. The maximum Gasteiger partial charge on any atom is 0.223 e. The third-order valence-corrected chi connectivity index (χ3v) is 5.51. The third kappa shape index (κ3) is 4.60. The lowest BCUT2D eigenvalue weighted by atomic mass is 10.0. The van der Waals surface area contributed by atoms with Gasteiger partial charge in [0.1, 0.15) is 5.75 Å². The minimum atomic E-state index is -0.0459. The van der Waals surface area contributed by atoms with Crippen molar-refractivity contribution in [1.29, 1.82) is 0 Å². The Bertz CT molecular complexity index is 760. The first-order valence-corrected chi connectivity index (χ1v) is 9.31. The summed E-state index contributed by atoms with van der Waals surface area (Å²) in [6, 6.07) is 10.4. The van der Waals surface area contributed by atoms with Crippen LogP contribution in [0.25, 0.3) is 0 Å². The minimum absolute atomic E-state index is 0.0127. The fourth-order valence-corrected chi connectivity index (χ4v) is 3.88. The van der Waals surface area contributed by atoms with Gasteiger partial charge in [0.05, 0.1) is 9.21 Å². The monoisotopic (exact) mass is 378 g/mol. The smallest absolute Gasteiger partial charge is 0.223 e. The van der Waals surface area contributed by atoms with Crippen molar-refractivity contribution in [3.63, 3.8) is 0 Å². The summed E-state index contributed by atoms with van der Waals surface area (Å²) >= 11 is 7.08. The lowest BCUT2D eigenvalue weighted by Gasteiger charge is -2.34. The second-order valence-corrected chi connectivity index (χ2v) is 7.68. The Morgan fingerprint density at radius 3 is 2.64 bits per heavy atom. The molecular formula is C18H19ClN2O3S. The van der Waals surface area contributed by atoms with Gasteiger partial charge in [-0.05, 0) is 29.8 Å². The summed E-state index contributed by atoms with van der Waals surface area (Å²) in [6.07, 6.45) is 0.403. The standard InChI is InChI=1S/C18H19ClN2O3S/c19-17-7-6-16(25-17)15(23)5-8-18(24)21-10-9-20-14(11-21)12-1-3-13(22)4-2-12/h1-4,6-7,14,20,22H,5,8-11H2. The van der Waals surface area contributed by atoms with E-state index in [4.69, 9.17) is 11.6 Å². The van der Waals surface area contributed by atoms with E-state index in [2.05, 4.69) is 5.32 Å². The average Bonchev–Trinajstić information content (AvgIpc) is 3.06. The molecule has 132 valence electrons. The van der Waals surface area contributed by atoms with Crippen molar-refractivity contribution in [2.45, 2.75) is 18.9 Å². The van der Waals surface area contributed by atoms with Gasteiger partial charge in [0.2, 0.25) is 5.91 Å². The molecule has 1 aromatic heterocycles. The number of phenols is 1. The van der Waals surface area contributed by atoms with Crippen LogP contribution in [0.15, 0.2) is 36.4 Å². The molecule has 1 aliphatic rings. The van der Waals surface area contributed by atoms with E-state index in [1.807, 2.05) is 12.1 Å². The highest BCUT2D eigenvalue weighted by Crippen LogP contribution is 2.24. The molecule has 1 fully saturated rings. The van der Waals surface area contributed by atoms with Crippen LogP contribution in [0.2, 0.25) is 4.34 Å². The summed E-state index contributed by atoms with van der Waals surface area (Å²) in [5, 5.41) is 12.8. The largest absolute Gasteiger partial charge is 0.508 e. The minimum Gasteiger partial charge on any atom is -0.508 e. The van der Waals surface area contributed by atoms with Crippen LogP contribution in [0, 0.1) is 0 Å². The van der Waals surface area contributed by atoms with Gasteiger partial charge >= 0.3 is 0 Å². The molecule has 1 saturated heterocycles. The molecule has 0 spiro atoms. The van der Waals surface area contributed by atoms with E-state index in [1.165, 1.54) is 11.3 Å². The SMILES string of the molecule is O=C(CCC(=O)N1CCNC(c2ccc(O)cc2)C1)c1ccc(Cl)s1. The molecule has 5 nitrogen and oxygen atoms in total. The number of rotatable bonds is 5. The van der Waals surface area contributed by atoms with Crippen molar-refractivity contribution in [2.24, 2.45) is 0 Å². The number of ketones is 1. The second kappa shape index (κ2) is 7.99. The van der Waals surface area contributed by atoms with Gasteiger partial charge in [0.15, 0.2) is 5.78 Å². The number of carbonyl (C=O) groups excluding carboxylic acids is 2. The Balaban J connectivity index is 1.54. The molecule has 1 amide bonds. The first kappa shape index (κ1) is 17.9. The quantitative estimate of drug-likeness (QED) is 0.783. The number of benzene rings is 1. The number of amides is 1. The Morgan fingerprint density at radius 2 is 1.96 bits per heavy atom. The molecule has 0 bridgehead atoms. The molecule has 3 rings (SSSR count). The fourth-order valence-electron chi connectivity index (χ4n) is 2.87. The van der Waals surface area contributed by atoms with E-state index in [0.29, 0.717) is 28.8 Å². The normalized spacial score (nSPS) is 17.5. The number of hydrogen-bond donors (Lipinski definition) is 2. The first-order valence-electron chi connectivity index (χ1n) is 8.11. The molecule has 0 aliphatic carbocycles. The molecule has 7 heteroatoms.